The molecule has 158 valence electrons. The van der Waals surface area contributed by atoms with Gasteiger partial charge in [0.15, 0.2) is 0 Å². The molecule has 5 rings (SSSR count). The number of nitrogens with two attached hydrogens (primary N) is 1. The van der Waals surface area contributed by atoms with Gasteiger partial charge in [-0.1, -0.05) is 12.1 Å². The summed E-state index contributed by atoms with van der Waals surface area (Å²) in [6.45, 7) is 0. The maximum Gasteiger partial charge on any atom is 0.255 e. The number of nitrogens with one attached hydrogen (secondary N) is 2. The Hall–Kier alpha value is -4.39. The van der Waals surface area contributed by atoms with Crippen LogP contribution in [0.2, 0.25) is 0 Å². The summed E-state index contributed by atoms with van der Waals surface area (Å²) in [4.78, 5) is 27.8. The molecule has 32 heavy (non-hydrogen) atoms. The van der Waals surface area contributed by atoms with E-state index in [1.807, 2.05) is 18.2 Å². The summed E-state index contributed by atoms with van der Waals surface area (Å²) >= 11 is 0. The second kappa shape index (κ2) is 7.39. The second-order valence-electron chi connectivity index (χ2n) is 7.40. The van der Waals surface area contributed by atoms with Crippen molar-refractivity contribution >= 4 is 33.7 Å². The predicted molar refractivity (Wildman–Crippen MR) is 121 cm³/mol. The standard InChI is InChI=1S/C25H18FN3O3/c1-28-25(31)20-19-12-18(14-3-2-4-15(11-14)24(27)30)21-17(9-10-29-21)23(19)32-22(20)13-5-7-16(26)8-6-13/h2-12,29H,1H3,(H2,27,30)(H,28,31). The highest BCUT2D eigenvalue weighted by atomic mass is 19.1. The summed E-state index contributed by atoms with van der Waals surface area (Å²) in [6.07, 6.45) is 1.78. The molecule has 2 aromatic heterocycles. The van der Waals surface area contributed by atoms with Gasteiger partial charge >= 0.3 is 0 Å². The zero-order chi connectivity index (χ0) is 22.4. The number of aromatic nitrogens is 1. The van der Waals surface area contributed by atoms with Crippen LogP contribution in [-0.4, -0.2) is 23.8 Å². The Bertz CT molecular complexity index is 1510. The van der Waals surface area contributed by atoms with Crippen LogP contribution in [0.15, 0.2) is 71.3 Å². The summed E-state index contributed by atoms with van der Waals surface area (Å²) in [5, 5.41) is 4.05. The predicted octanol–water partition coefficient (Wildman–Crippen LogP) is 4.85. The summed E-state index contributed by atoms with van der Waals surface area (Å²) in [7, 11) is 1.54. The molecule has 0 atom stereocenters. The fraction of sp³-hybridized carbons (Fsp3) is 0.0400. The van der Waals surface area contributed by atoms with E-state index < -0.39 is 5.91 Å². The first kappa shape index (κ1) is 19.6. The largest absolute Gasteiger partial charge is 0.454 e. The lowest BCUT2D eigenvalue weighted by atomic mass is 9.96. The Balaban J connectivity index is 1.86. The second-order valence-corrected chi connectivity index (χ2v) is 7.40. The first-order valence-corrected chi connectivity index (χ1v) is 9.92. The summed E-state index contributed by atoms with van der Waals surface area (Å²) < 4.78 is 19.7. The molecule has 4 N–H and O–H groups in total. The van der Waals surface area contributed by atoms with Crippen LogP contribution in [0.4, 0.5) is 4.39 Å². The Morgan fingerprint density at radius 2 is 1.78 bits per heavy atom. The molecule has 0 saturated heterocycles. The van der Waals surface area contributed by atoms with E-state index in [9.17, 15) is 14.0 Å². The van der Waals surface area contributed by atoms with Crippen molar-refractivity contribution in [2.24, 2.45) is 5.73 Å². The van der Waals surface area contributed by atoms with Crippen LogP contribution in [0.25, 0.3) is 44.3 Å². The number of benzene rings is 3. The van der Waals surface area contributed by atoms with Crippen LogP contribution < -0.4 is 11.1 Å². The average molecular weight is 427 g/mol. The van der Waals surface area contributed by atoms with Crippen LogP contribution in [0.1, 0.15) is 20.7 Å². The molecule has 0 bridgehead atoms. The number of H-pyrrole nitrogens is 1. The lowest BCUT2D eigenvalue weighted by Crippen LogP contribution is -2.18. The van der Waals surface area contributed by atoms with Gasteiger partial charge in [-0.25, -0.2) is 4.39 Å². The van der Waals surface area contributed by atoms with Gasteiger partial charge in [0.2, 0.25) is 5.91 Å². The first-order chi connectivity index (χ1) is 15.5. The number of hydrogen-bond donors (Lipinski definition) is 3. The third kappa shape index (κ3) is 3.02. The van der Waals surface area contributed by atoms with Crippen LogP contribution in [0.3, 0.4) is 0 Å². The molecule has 0 unspecified atom stereocenters. The fourth-order valence-electron chi connectivity index (χ4n) is 4.00. The van der Waals surface area contributed by atoms with Crippen molar-refractivity contribution in [3.8, 4) is 22.5 Å². The maximum absolute atomic E-state index is 13.5. The third-order valence-electron chi connectivity index (χ3n) is 5.51. The minimum atomic E-state index is -0.524. The van der Waals surface area contributed by atoms with Crippen molar-refractivity contribution < 1.29 is 18.4 Å². The Labute approximate surface area is 181 Å². The number of carbonyl (C=O) groups excluding carboxylic acids is 2. The SMILES string of the molecule is CNC(=O)c1c(-c2ccc(F)cc2)oc2c1cc(-c1cccc(C(N)=O)c1)c1[nH]ccc12. The molecular formula is C25H18FN3O3. The number of fused-ring (bicyclic) bond motifs is 3. The van der Waals surface area contributed by atoms with E-state index in [2.05, 4.69) is 10.3 Å². The summed E-state index contributed by atoms with van der Waals surface area (Å²) in [5.41, 5.74) is 9.67. The monoisotopic (exact) mass is 427 g/mol. The molecule has 6 nitrogen and oxygen atoms in total. The van der Waals surface area contributed by atoms with Gasteiger partial charge in [-0.15, -0.1) is 0 Å². The van der Waals surface area contributed by atoms with Crippen LogP contribution in [-0.2, 0) is 0 Å². The highest BCUT2D eigenvalue weighted by molar-refractivity contribution is 6.19. The minimum absolute atomic E-state index is 0.324. The zero-order valence-corrected chi connectivity index (χ0v) is 17.0. The zero-order valence-electron chi connectivity index (χ0n) is 17.0. The Morgan fingerprint density at radius 3 is 2.50 bits per heavy atom. The fourth-order valence-corrected chi connectivity index (χ4v) is 4.00. The quantitative estimate of drug-likeness (QED) is 0.382. The topological polar surface area (TPSA) is 101 Å². The molecule has 0 spiro atoms. The molecule has 0 aliphatic carbocycles. The smallest absolute Gasteiger partial charge is 0.255 e. The van der Waals surface area contributed by atoms with E-state index in [-0.39, 0.29) is 11.7 Å². The van der Waals surface area contributed by atoms with Gasteiger partial charge in [0.1, 0.15) is 17.2 Å². The molecule has 2 heterocycles. The highest BCUT2D eigenvalue weighted by Crippen LogP contribution is 2.41. The molecule has 0 fully saturated rings. The number of primary amides is 1. The summed E-state index contributed by atoms with van der Waals surface area (Å²) in [6, 6.07) is 16.5. The van der Waals surface area contributed by atoms with Crippen LogP contribution in [0.5, 0.6) is 0 Å². The minimum Gasteiger partial charge on any atom is -0.454 e. The van der Waals surface area contributed by atoms with Gasteiger partial charge in [-0.2, -0.15) is 0 Å². The van der Waals surface area contributed by atoms with Crippen LogP contribution >= 0.6 is 0 Å². The van der Waals surface area contributed by atoms with Gasteiger partial charge in [0.05, 0.1) is 11.1 Å². The van der Waals surface area contributed by atoms with Gasteiger partial charge in [0, 0.05) is 40.7 Å². The summed E-state index contributed by atoms with van der Waals surface area (Å²) in [5.74, 6) is -0.876. The van der Waals surface area contributed by atoms with Gasteiger partial charge < -0.3 is 20.5 Å². The molecule has 7 heteroatoms. The lowest BCUT2D eigenvalue weighted by Gasteiger charge is -2.07. The van der Waals surface area contributed by atoms with Gasteiger partial charge in [0.25, 0.3) is 5.91 Å². The van der Waals surface area contributed by atoms with E-state index in [1.54, 1.807) is 43.6 Å². The van der Waals surface area contributed by atoms with Crippen molar-refractivity contribution in [2.45, 2.75) is 0 Å². The molecule has 5 aromatic rings. The number of rotatable bonds is 4. The molecular weight excluding hydrogens is 409 g/mol. The number of aromatic amines is 1. The molecule has 0 saturated carbocycles. The van der Waals surface area contributed by atoms with Gasteiger partial charge in [-0.05, 0) is 54.1 Å². The van der Waals surface area contributed by atoms with Gasteiger partial charge in [-0.3, -0.25) is 9.59 Å². The van der Waals surface area contributed by atoms with Crippen molar-refractivity contribution in [3.63, 3.8) is 0 Å². The lowest BCUT2D eigenvalue weighted by molar-refractivity contribution is 0.0963. The number of amides is 2. The highest BCUT2D eigenvalue weighted by Gasteiger charge is 2.24. The maximum atomic E-state index is 13.5. The van der Waals surface area contributed by atoms with Crippen LogP contribution in [0, 0.1) is 5.82 Å². The van der Waals surface area contributed by atoms with E-state index in [4.69, 9.17) is 10.2 Å². The molecule has 3 aromatic carbocycles. The number of halogens is 1. The molecule has 0 aliphatic heterocycles. The van der Waals surface area contributed by atoms with E-state index in [0.717, 1.165) is 22.0 Å². The number of carbonyl (C=O) groups is 2. The number of hydrogen-bond acceptors (Lipinski definition) is 3. The first-order valence-electron chi connectivity index (χ1n) is 9.92. The average Bonchev–Trinajstić information content (AvgIpc) is 3.43. The van der Waals surface area contributed by atoms with Crippen molar-refractivity contribution in [1.82, 2.24) is 10.3 Å². The third-order valence-corrected chi connectivity index (χ3v) is 5.51. The molecule has 2 amide bonds. The van der Waals surface area contributed by atoms with E-state index in [1.165, 1.54) is 12.1 Å². The van der Waals surface area contributed by atoms with E-state index >= 15 is 0 Å². The normalized spacial score (nSPS) is 11.2. The van der Waals surface area contributed by atoms with E-state index in [0.29, 0.717) is 33.4 Å². The van der Waals surface area contributed by atoms with Crippen molar-refractivity contribution in [2.75, 3.05) is 7.05 Å². The Kier molecular flexibility index (Phi) is 4.52. The Morgan fingerprint density at radius 1 is 1.00 bits per heavy atom. The van der Waals surface area contributed by atoms with Crippen molar-refractivity contribution in [3.05, 3.63) is 83.8 Å². The number of furan rings is 1. The molecule has 0 radical (unpaired) electrons. The molecule has 0 aliphatic rings. The van der Waals surface area contributed by atoms with Crippen molar-refractivity contribution in [1.29, 1.82) is 0 Å².